The topological polar surface area (TPSA) is 94.3 Å². The molecule has 0 fully saturated rings. The Morgan fingerprint density at radius 2 is 1.90 bits per heavy atom. The summed E-state index contributed by atoms with van der Waals surface area (Å²) in [6.07, 6.45) is 5.61. The van der Waals surface area contributed by atoms with Crippen LogP contribution in [-0.4, -0.2) is 23.5 Å². The van der Waals surface area contributed by atoms with Crippen LogP contribution in [0.3, 0.4) is 0 Å². The first-order valence-electron chi connectivity index (χ1n) is 9.45. The van der Waals surface area contributed by atoms with Crippen LogP contribution in [0.2, 0.25) is 0 Å². The first-order chi connectivity index (χ1) is 14.0. The molecule has 0 atom stereocenters. The summed E-state index contributed by atoms with van der Waals surface area (Å²) in [5.74, 6) is -0.789. The zero-order valence-corrected chi connectivity index (χ0v) is 16.4. The summed E-state index contributed by atoms with van der Waals surface area (Å²) in [6.45, 7) is 4.07. The number of aromatic nitrogens is 1. The largest absolute Gasteiger partial charge is 0.462 e. The van der Waals surface area contributed by atoms with Gasteiger partial charge in [-0.1, -0.05) is 31.2 Å². The number of carbonyl (C=O) groups excluding carboxylic acids is 2. The summed E-state index contributed by atoms with van der Waals surface area (Å²) in [5.41, 5.74) is 10.00. The molecule has 6 nitrogen and oxygen atoms in total. The van der Waals surface area contributed by atoms with Crippen molar-refractivity contribution in [2.75, 3.05) is 17.7 Å². The molecule has 0 aliphatic heterocycles. The molecule has 0 bridgehead atoms. The van der Waals surface area contributed by atoms with Crippen LogP contribution in [0, 0.1) is 0 Å². The molecule has 0 unspecified atom stereocenters. The summed E-state index contributed by atoms with van der Waals surface area (Å²) < 4.78 is 5.00. The van der Waals surface area contributed by atoms with Crippen LogP contribution in [0.15, 0.2) is 54.7 Å². The van der Waals surface area contributed by atoms with Crippen molar-refractivity contribution in [3.8, 4) is 0 Å². The Balaban J connectivity index is 1.78. The summed E-state index contributed by atoms with van der Waals surface area (Å²) in [4.78, 5) is 28.5. The number of nitrogens with two attached hydrogens (primary N) is 1. The van der Waals surface area contributed by atoms with E-state index in [0.29, 0.717) is 16.6 Å². The van der Waals surface area contributed by atoms with Gasteiger partial charge in [-0.15, -0.1) is 0 Å². The van der Waals surface area contributed by atoms with Crippen LogP contribution in [0.25, 0.3) is 17.0 Å². The van der Waals surface area contributed by atoms with Gasteiger partial charge in [0.15, 0.2) is 0 Å². The minimum absolute atomic E-state index is 0.207. The third kappa shape index (κ3) is 4.79. The van der Waals surface area contributed by atoms with E-state index >= 15 is 0 Å². The quantitative estimate of drug-likeness (QED) is 0.486. The summed E-state index contributed by atoms with van der Waals surface area (Å²) >= 11 is 0. The molecule has 1 heterocycles. The molecule has 2 aromatic carbocycles. The first kappa shape index (κ1) is 20.1. The molecule has 1 amide bonds. The number of benzene rings is 2. The molecule has 0 aliphatic rings. The van der Waals surface area contributed by atoms with Crippen molar-refractivity contribution in [3.63, 3.8) is 0 Å². The second kappa shape index (κ2) is 9.01. The van der Waals surface area contributed by atoms with Gasteiger partial charge in [0.2, 0.25) is 5.91 Å². The number of esters is 1. The minimum Gasteiger partial charge on any atom is -0.462 e. The Labute approximate surface area is 169 Å². The van der Waals surface area contributed by atoms with Crippen molar-refractivity contribution >= 4 is 40.2 Å². The molecule has 29 heavy (non-hydrogen) atoms. The maximum Gasteiger partial charge on any atom is 0.341 e. The Bertz CT molecular complexity index is 1070. The Morgan fingerprint density at radius 3 is 2.59 bits per heavy atom. The number of ether oxygens (including phenoxy) is 1. The van der Waals surface area contributed by atoms with Gasteiger partial charge >= 0.3 is 5.97 Å². The number of aryl methyl sites for hydroxylation is 1. The highest BCUT2D eigenvalue weighted by molar-refractivity contribution is 6.07. The molecule has 0 spiro atoms. The number of amides is 1. The second-order valence-electron chi connectivity index (χ2n) is 6.46. The van der Waals surface area contributed by atoms with Crippen LogP contribution in [0.5, 0.6) is 0 Å². The Hall–Kier alpha value is -3.67. The van der Waals surface area contributed by atoms with E-state index in [1.165, 1.54) is 17.8 Å². The lowest BCUT2D eigenvalue weighted by atomic mass is 10.1. The molecule has 0 aliphatic carbocycles. The fourth-order valence-corrected chi connectivity index (χ4v) is 2.88. The molecule has 6 heteroatoms. The highest BCUT2D eigenvalue weighted by atomic mass is 16.5. The van der Waals surface area contributed by atoms with E-state index in [9.17, 15) is 9.59 Å². The van der Waals surface area contributed by atoms with Crippen LogP contribution >= 0.6 is 0 Å². The smallest absolute Gasteiger partial charge is 0.341 e. The first-order valence-corrected chi connectivity index (χ1v) is 9.45. The molecular weight excluding hydrogens is 366 g/mol. The Kier molecular flexibility index (Phi) is 6.24. The van der Waals surface area contributed by atoms with E-state index in [1.807, 2.05) is 24.3 Å². The van der Waals surface area contributed by atoms with Gasteiger partial charge in [0.25, 0.3) is 0 Å². The summed E-state index contributed by atoms with van der Waals surface area (Å²) in [5, 5.41) is 3.38. The number of nitrogen functional groups attached to an aromatic ring is 1. The van der Waals surface area contributed by atoms with Gasteiger partial charge in [-0.2, -0.15) is 0 Å². The van der Waals surface area contributed by atoms with E-state index in [2.05, 4.69) is 17.2 Å². The number of carbonyl (C=O) groups is 2. The van der Waals surface area contributed by atoms with Crippen LogP contribution in [0.1, 0.15) is 35.3 Å². The lowest BCUT2D eigenvalue weighted by Crippen LogP contribution is -2.10. The SMILES string of the molecule is CCOC(=O)c1cnc2ccc(NC(=O)/C=C/c3ccc(CC)cc3)cc2c1N. The fraction of sp³-hybridized carbons (Fsp3) is 0.174. The minimum atomic E-state index is -0.522. The van der Waals surface area contributed by atoms with E-state index in [4.69, 9.17) is 10.5 Å². The third-order valence-electron chi connectivity index (χ3n) is 4.49. The van der Waals surface area contributed by atoms with Gasteiger partial charge < -0.3 is 15.8 Å². The number of nitrogens with one attached hydrogen (secondary N) is 1. The number of rotatable bonds is 6. The predicted octanol–water partition coefficient (Wildman–Crippen LogP) is 4.21. The van der Waals surface area contributed by atoms with Crippen LogP contribution < -0.4 is 11.1 Å². The van der Waals surface area contributed by atoms with Crippen molar-refractivity contribution in [1.82, 2.24) is 4.98 Å². The lowest BCUT2D eigenvalue weighted by molar-refractivity contribution is -0.111. The van der Waals surface area contributed by atoms with Crippen molar-refractivity contribution in [3.05, 3.63) is 71.4 Å². The van der Waals surface area contributed by atoms with E-state index in [-0.39, 0.29) is 23.8 Å². The predicted molar refractivity (Wildman–Crippen MR) is 116 cm³/mol. The zero-order valence-electron chi connectivity index (χ0n) is 16.4. The second-order valence-corrected chi connectivity index (χ2v) is 6.46. The molecule has 3 rings (SSSR count). The number of hydrogen-bond donors (Lipinski definition) is 2. The highest BCUT2D eigenvalue weighted by Gasteiger charge is 2.14. The molecule has 0 radical (unpaired) electrons. The van der Waals surface area contributed by atoms with Gasteiger partial charge in [-0.05, 0) is 48.7 Å². The van der Waals surface area contributed by atoms with Crippen molar-refractivity contribution < 1.29 is 14.3 Å². The monoisotopic (exact) mass is 389 g/mol. The van der Waals surface area contributed by atoms with Crippen molar-refractivity contribution in [2.45, 2.75) is 20.3 Å². The average Bonchev–Trinajstić information content (AvgIpc) is 2.73. The standard InChI is InChI=1S/C23H23N3O3/c1-3-15-5-7-16(8-6-15)9-12-21(27)26-17-10-11-20-18(13-17)22(24)19(14-25-20)23(28)29-4-2/h5-14H,3-4H2,1-2H3,(H2,24,25)(H,26,27)/b12-9+. The summed E-state index contributed by atoms with van der Waals surface area (Å²) in [7, 11) is 0. The van der Waals surface area contributed by atoms with E-state index < -0.39 is 5.97 Å². The number of hydrogen-bond acceptors (Lipinski definition) is 5. The van der Waals surface area contributed by atoms with Crippen molar-refractivity contribution in [2.24, 2.45) is 0 Å². The molecule has 3 aromatic rings. The number of fused-ring (bicyclic) bond motifs is 1. The average molecular weight is 389 g/mol. The fourth-order valence-electron chi connectivity index (χ4n) is 2.88. The maximum atomic E-state index is 12.3. The van der Waals surface area contributed by atoms with Gasteiger partial charge in [-0.3, -0.25) is 9.78 Å². The Morgan fingerprint density at radius 1 is 1.14 bits per heavy atom. The molecule has 0 saturated heterocycles. The molecule has 0 saturated carbocycles. The normalized spacial score (nSPS) is 11.0. The number of pyridine rings is 1. The lowest BCUT2D eigenvalue weighted by Gasteiger charge is -2.09. The van der Waals surface area contributed by atoms with Crippen LogP contribution in [0.4, 0.5) is 11.4 Å². The van der Waals surface area contributed by atoms with Crippen LogP contribution in [-0.2, 0) is 16.0 Å². The third-order valence-corrected chi connectivity index (χ3v) is 4.49. The van der Waals surface area contributed by atoms with E-state index in [0.717, 1.165) is 12.0 Å². The molecule has 148 valence electrons. The molecule has 1 aromatic heterocycles. The highest BCUT2D eigenvalue weighted by Crippen LogP contribution is 2.26. The van der Waals surface area contributed by atoms with Gasteiger partial charge in [0.05, 0.1) is 17.8 Å². The van der Waals surface area contributed by atoms with Gasteiger partial charge in [0.1, 0.15) is 5.56 Å². The van der Waals surface area contributed by atoms with E-state index in [1.54, 1.807) is 31.2 Å². The number of nitrogens with zero attached hydrogens (tertiary/aromatic N) is 1. The zero-order chi connectivity index (χ0) is 20.8. The van der Waals surface area contributed by atoms with Gasteiger partial charge in [0, 0.05) is 23.3 Å². The molecular formula is C23H23N3O3. The number of anilines is 2. The molecule has 3 N–H and O–H groups in total. The maximum absolute atomic E-state index is 12.3. The van der Waals surface area contributed by atoms with Gasteiger partial charge in [-0.25, -0.2) is 4.79 Å². The summed E-state index contributed by atoms with van der Waals surface area (Å²) in [6, 6.07) is 13.2. The van der Waals surface area contributed by atoms with Crippen molar-refractivity contribution in [1.29, 1.82) is 0 Å².